The van der Waals surface area contributed by atoms with Crippen molar-refractivity contribution >= 4 is 12.6 Å². The maximum Gasteiger partial charge on any atom is 0.498 e. The molecule has 1 aliphatic heterocycles. The maximum atomic E-state index is 9.27. The van der Waals surface area contributed by atoms with E-state index in [1.54, 1.807) is 6.20 Å². The number of aromatic nitrogens is 2. The topological polar surface area (TPSA) is 56.5 Å². The van der Waals surface area contributed by atoms with E-state index < -0.39 is 37.8 Å². The zero-order chi connectivity index (χ0) is 16.1. The summed E-state index contributed by atoms with van der Waals surface area (Å²) < 4.78 is 35.3. The predicted octanol–water partition coefficient (Wildman–Crippen LogP) is 0.736. The van der Waals surface area contributed by atoms with Crippen LogP contribution in [-0.4, -0.2) is 39.8 Å². The Labute approximate surface area is 112 Å². The minimum Gasteiger partial charge on any atom is -0.399 e. The van der Waals surface area contributed by atoms with Crippen molar-refractivity contribution in [2.24, 2.45) is 0 Å². The first-order valence-corrected chi connectivity index (χ1v) is 5.98. The zero-order valence-corrected chi connectivity index (χ0v) is 11.2. The van der Waals surface area contributed by atoms with E-state index in [1.165, 1.54) is 10.9 Å². The van der Waals surface area contributed by atoms with Crippen LogP contribution < -0.4 is 5.46 Å². The van der Waals surface area contributed by atoms with Gasteiger partial charge >= 0.3 is 7.12 Å². The van der Waals surface area contributed by atoms with Gasteiger partial charge in [-0.05, 0) is 34.5 Å². The largest absolute Gasteiger partial charge is 0.498 e. The molecule has 0 unspecified atom stereocenters. The summed E-state index contributed by atoms with van der Waals surface area (Å²) in [6, 6.07) is -1.08. The summed E-state index contributed by atoms with van der Waals surface area (Å²) in [4.78, 5) is 0. The summed E-state index contributed by atoms with van der Waals surface area (Å²) >= 11 is 0. The number of hydrogen-bond acceptors (Lipinski definition) is 4. The summed E-state index contributed by atoms with van der Waals surface area (Å²) in [6.07, 6.45) is 3.06. The summed E-state index contributed by atoms with van der Waals surface area (Å²) in [5, 5.41) is 13.3. The Morgan fingerprint density at radius 3 is 2.56 bits per heavy atom. The van der Waals surface area contributed by atoms with Crippen molar-refractivity contribution in [3.8, 4) is 0 Å². The second kappa shape index (κ2) is 4.37. The van der Waals surface area contributed by atoms with E-state index >= 15 is 0 Å². The normalized spacial score (nSPS) is 26.5. The van der Waals surface area contributed by atoms with Crippen molar-refractivity contribution in [2.75, 3.05) is 6.61 Å². The van der Waals surface area contributed by atoms with Gasteiger partial charge in [-0.25, -0.2) is 0 Å². The van der Waals surface area contributed by atoms with Gasteiger partial charge in [0.1, 0.15) is 0 Å². The molecule has 1 N–H and O–H groups in total. The van der Waals surface area contributed by atoms with Crippen LogP contribution in [0.5, 0.6) is 0 Å². The number of nitrogens with zero attached hydrogens (tertiary/aromatic N) is 2. The lowest BCUT2D eigenvalue weighted by Gasteiger charge is -2.32. The van der Waals surface area contributed by atoms with E-state index in [-0.39, 0.29) is 0 Å². The molecule has 6 heteroatoms. The van der Waals surface area contributed by atoms with Crippen molar-refractivity contribution in [2.45, 2.75) is 51.8 Å². The Morgan fingerprint density at radius 1 is 1.44 bits per heavy atom. The fourth-order valence-electron chi connectivity index (χ4n) is 1.71. The van der Waals surface area contributed by atoms with Crippen LogP contribution in [0.3, 0.4) is 0 Å². The smallest absolute Gasteiger partial charge is 0.399 e. The van der Waals surface area contributed by atoms with Crippen LogP contribution in [0, 0.1) is 0 Å². The molecule has 2 rings (SSSR count). The fourth-order valence-corrected chi connectivity index (χ4v) is 1.71. The van der Waals surface area contributed by atoms with E-state index in [1.807, 2.05) is 27.7 Å². The van der Waals surface area contributed by atoms with Gasteiger partial charge in [0.15, 0.2) is 0 Å². The molecule has 1 saturated heterocycles. The first kappa shape index (κ1) is 10.0. The third kappa shape index (κ3) is 2.20. The Balaban J connectivity index is 2.22. The highest BCUT2D eigenvalue weighted by Crippen LogP contribution is 2.36. The Bertz CT molecular complexity index is 500. The zero-order valence-electron chi connectivity index (χ0n) is 14.2. The monoisotopic (exact) mass is 255 g/mol. The van der Waals surface area contributed by atoms with Gasteiger partial charge in [0.25, 0.3) is 0 Å². The molecule has 1 aromatic rings. The SMILES string of the molecule is [2H]C([2H])([2H])[C@H](CO)n1cc(B2OC(C)(C)C(C)(C)O2)cn1. The number of aliphatic hydroxyl groups is 1. The fraction of sp³-hybridized carbons (Fsp3) is 0.750. The second-order valence-corrected chi connectivity index (χ2v) is 5.54. The van der Waals surface area contributed by atoms with Crippen LogP contribution in [0.25, 0.3) is 0 Å². The van der Waals surface area contributed by atoms with Crippen molar-refractivity contribution < 1.29 is 18.5 Å². The van der Waals surface area contributed by atoms with Crippen LogP contribution in [0.15, 0.2) is 12.4 Å². The Hall–Kier alpha value is -0.845. The first-order valence-electron chi connectivity index (χ1n) is 7.48. The van der Waals surface area contributed by atoms with Crippen LogP contribution in [0.2, 0.25) is 0 Å². The molecule has 1 aromatic heterocycles. The van der Waals surface area contributed by atoms with E-state index in [4.69, 9.17) is 13.4 Å². The quantitative estimate of drug-likeness (QED) is 0.809. The lowest BCUT2D eigenvalue weighted by atomic mass is 9.82. The minimum absolute atomic E-state index is 0.472. The van der Waals surface area contributed by atoms with Crippen molar-refractivity contribution in [1.82, 2.24) is 9.78 Å². The van der Waals surface area contributed by atoms with Gasteiger partial charge in [0.2, 0.25) is 0 Å². The van der Waals surface area contributed by atoms with Gasteiger partial charge in [-0.2, -0.15) is 5.10 Å². The molecule has 1 aliphatic rings. The molecule has 1 atom stereocenters. The molecule has 0 radical (unpaired) electrons. The molecule has 100 valence electrons. The molecule has 18 heavy (non-hydrogen) atoms. The van der Waals surface area contributed by atoms with Crippen LogP contribution in [0.1, 0.15) is 44.7 Å². The molecule has 0 amide bonds. The van der Waals surface area contributed by atoms with Crippen molar-refractivity contribution in [3.63, 3.8) is 0 Å². The lowest BCUT2D eigenvalue weighted by molar-refractivity contribution is 0.00578. The van der Waals surface area contributed by atoms with E-state index in [0.29, 0.717) is 5.46 Å². The van der Waals surface area contributed by atoms with Crippen LogP contribution in [-0.2, 0) is 9.31 Å². The average Bonchev–Trinajstić information content (AvgIpc) is 2.82. The highest BCUT2D eigenvalue weighted by atomic mass is 16.7. The van der Waals surface area contributed by atoms with Crippen LogP contribution in [0.4, 0.5) is 0 Å². The summed E-state index contributed by atoms with van der Waals surface area (Å²) in [5.74, 6) is 0. The third-order valence-corrected chi connectivity index (χ3v) is 3.64. The Morgan fingerprint density at radius 2 is 2.06 bits per heavy atom. The van der Waals surface area contributed by atoms with Gasteiger partial charge in [0, 0.05) is 22.0 Å². The number of rotatable bonds is 3. The first-order chi connectivity index (χ1) is 9.48. The third-order valence-electron chi connectivity index (χ3n) is 3.64. The lowest BCUT2D eigenvalue weighted by Crippen LogP contribution is -2.41. The predicted molar refractivity (Wildman–Crippen MR) is 69.7 cm³/mol. The van der Waals surface area contributed by atoms with Crippen molar-refractivity contribution in [3.05, 3.63) is 12.4 Å². The molecule has 1 fully saturated rings. The highest BCUT2D eigenvalue weighted by Gasteiger charge is 2.52. The summed E-state index contributed by atoms with van der Waals surface area (Å²) in [5.41, 5.74) is -0.309. The van der Waals surface area contributed by atoms with E-state index in [2.05, 4.69) is 5.10 Å². The van der Waals surface area contributed by atoms with E-state index in [9.17, 15) is 5.11 Å². The van der Waals surface area contributed by atoms with Gasteiger partial charge < -0.3 is 14.4 Å². The average molecular weight is 255 g/mol. The second-order valence-electron chi connectivity index (χ2n) is 5.54. The summed E-state index contributed by atoms with van der Waals surface area (Å²) in [7, 11) is -0.598. The molecular weight excluding hydrogens is 231 g/mol. The molecule has 0 aromatic carbocycles. The molecular formula is C12H21BN2O3. The molecule has 0 saturated carbocycles. The number of hydrogen-bond donors (Lipinski definition) is 1. The number of aliphatic hydroxyl groups excluding tert-OH is 1. The van der Waals surface area contributed by atoms with Crippen molar-refractivity contribution in [1.29, 1.82) is 0 Å². The highest BCUT2D eigenvalue weighted by molar-refractivity contribution is 6.61. The van der Waals surface area contributed by atoms with Crippen LogP contribution >= 0.6 is 0 Å². The molecule has 2 heterocycles. The molecule has 0 spiro atoms. The Kier molecular flexibility index (Phi) is 2.43. The summed E-state index contributed by atoms with van der Waals surface area (Å²) in [6.45, 7) is 4.93. The van der Waals surface area contributed by atoms with E-state index in [0.717, 1.165) is 0 Å². The van der Waals surface area contributed by atoms with Gasteiger partial charge in [-0.15, -0.1) is 0 Å². The molecule has 5 nitrogen and oxygen atoms in total. The maximum absolute atomic E-state index is 9.27. The standard InChI is InChI=1S/C12H21BN2O3/c1-9(8-16)15-7-10(6-14-15)13-17-11(2,3)12(4,5)18-13/h6-7,9,16H,8H2,1-5H3/t9-/m1/s1/i1D3. The van der Waals surface area contributed by atoms with Gasteiger partial charge in [0.05, 0.1) is 23.9 Å². The van der Waals surface area contributed by atoms with Gasteiger partial charge in [-0.1, -0.05) is 0 Å². The molecule has 0 bridgehead atoms. The molecule has 0 aliphatic carbocycles. The van der Waals surface area contributed by atoms with Gasteiger partial charge in [-0.3, -0.25) is 4.68 Å². The minimum atomic E-state index is -2.33.